The highest BCUT2D eigenvalue weighted by Crippen LogP contribution is 2.66. The number of esters is 1. The van der Waals surface area contributed by atoms with Gasteiger partial charge in [0.15, 0.2) is 0 Å². The molecule has 4 rings (SSSR count). The number of fused-ring (bicyclic) bond motifs is 5. The zero-order valence-corrected chi connectivity index (χ0v) is 14.4. The zero-order valence-electron chi connectivity index (χ0n) is 14.4. The molecule has 6 atom stereocenters. The van der Waals surface area contributed by atoms with Gasteiger partial charge in [-0.1, -0.05) is 27.2 Å². The highest BCUT2D eigenvalue weighted by atomic mass is 16.5. The second-order valence-corrected chi connectivity index (χ2v) is 8.80. The second-order valence-electron chi connectivity index (χ2n) is 8.80. The third-order valence-corrected chi connectivity index (χ3v) is 8.16. The lowest BCUT2D eigenvalue weighted by Gasteiger charge is -2.56. The maximum Gasteiger partial charge on any atom is 0.310 e. The minimum absolute atomic E-state index is 0.0188. The fraction of sp³-hybridized carbons (Fsp3) is 0.850. The van der Waals surface area contributed by atoms with E-state index in [1.54, 1.807) is 0 Å². The molecule has 0 aromatic rings. The third-order valence-electron chi connectivity index (χ3n) is 8.16. The molecule has 2 heteroatoms. The molecule has 3 aliphatic carbocycles. The van der Waals surface area contributed by atoms with Crippen LogP contribution in [0.5, 0.6) is 0 Å². The molecule has 0 aromatic heterocycles. The molecule has 0 radical (unpaired) electrons. The maximum absolute atomic E-state index is 11.7. The van der Waals surface area contributed by atoms with Crippen molar-refractivity contribution < 1.29 is 9.53 Å². The summed E-state index contributed by atoms with van der Waals surface area (Å²) in [6, 6.07) is 0. The van der Waals surface area contributed by atoms with E-state index in [1.165, 1.54) is 32.1 Å². The molecule has 22 heavy (non-hydrogen) atoms. The van der Waals surface area contributed by atoms with Gasteiger partial charge in [-0.3, -0.25) is 4.79 Å². The largest absolute Gasteiger partial charge is 0.431 e. The molecular formula is C20H30O2. The van der Waals surface area contributed by atoms with E-state index in [1.807, 2.05) is 0 Å². The monoisotopic (exact) mass is 302 g/mol. The van der Waals surface area contributed by atoms with Crippen molar-refractivity contribution in [3.63, 3.8) is 0 Å². The molecule has 1 heterocycles. The summed E-state index contributed by atoms with van der Waals surface area (Å²) in [7, 11) is 0. The SMILES string of the molecule is CC[C@H]1CCC2[C@@H]3CC=C4OC(=O)CC[C@@]4(C)[C@@H]3CC[C@@]21C. The van der Waals surface area contributed by atoms with E-state index in [2.05, 4.69) is 26.8 Å². The van der Waals surface area contributed by atoms with E-state index in [-0.39, 0.29) is 11.4 Å². The number of hydrogen-bond acceptors (Lipinski definition) is 2. The molecule has 122 valence electrons. The summed E-state index contributed by atoms with van der Waals surface area (Å²) in [5.41, 5.74) is 0.700. The molecule has 3 fully saturated rings. The van der Waals surface area contributed by atoms with Crippen molar-refractivity contribution in [2.75, 3.05) is 0 Å². The van der Waals surface area contributed by atoms with Gasteiger partial charge in [0, 0.05) is 11.8 Å². The Labute approximate surface area is 134 Å². The van der Waals surface area contributed by atoms with Crippen molar-refractivity contribution in [1.29, 1.82) is 0 Å². The van der Waals surface area contributed by atoms with Gasteiger partial charge in [0.2, 0.25) is 0 Å². The maximum atomic E-state index is 11.7. The lowest BCUT2D eigenvalue weighted by Crippen LogP contribution is -2.50. The molecule has 4 aliphatic rings. The first-order valence-corrected chi connectivity index (χ1v) is 9.40. The predicted molar refractivity (Wildman–Crippen MR) is 87.0 cm³/mol. The number of carbonyl (C=O) groups excluding carboxylic acids is 1. The van der Waals surface area contributed by atoms with Crippen molar-refractivity contribution in [2.24, 2.45) is 34.5 Å². The smallest absolute Gasteiger partial charge is 0.310 e. The highest BCUT2D eigenvalue weighted by Gasteiger charge is 2.58. The Morgan fingerprint density at radius 2 is 2.00 bits per heavy atom. The Bertz CT molecular complexity index is 522. The number of hydrogen-bond donors (Lipinski definition) is 0. The molecular weight excluding hydrogens is 272 g/mol. The Morgan fingerprint density at radius 1 is 1.18 bits per heavy atom. The zero-order chi connectivity index (χ0) is 15.5. The fourth-order valence-corrected chi connectivity index (χ4v) is 6.85. The summed E-state index contributed by atoms with van der Waals surface area (Å²) in [6.45, 7) is 7.33. The van der Waals surface area contributed by atoms with Gasteiger partial charge in [-0.15, -0.1) is 0 Å². The summed E-state index contributed by atoms with van der Waals surface area (Å²) in [6.07, 6.45) is 11.9. The average molecular weight is 302 g/mol. The van der Waals surface area contributed by atoms with Crippen LogP contribution >= 0.6 is 0 Å². The minimum atomic E-state index is -0.0188. The molecule has 0 N–H and O–H groups in total. The number of rotatable bonds is 1. The predicted octanol–water partition coefficient (Wildman–Crippen LogP) is 5.09. The van der Waals surface area contributed by atoms with Crippen molar-refractivity contribution in [3.05, 3.63) is 11.8 Å². The van der Waals surface area contributed by atoms with Crippen molar-refractivity contribution >= 4 is 5.97 Å². The van der Waals surface area contributed by atoms with Crippen molar-refractivity contribution in [2.45, 2.75) is 72.1 Å². The van der Waals surface area contributed by atoms with Crippen molar-refractivity contribution in [1.82, 2.24) is 0 Å². The van der Waals surface area contributed by atoms with Crippen LogP contribution in [0.1, 0.15) is 72.1 Å². The van der Waals surface area contributed by atoms with Crippen LogP contribution in [-0.4, -0.2) is 5.97 Å². The highest BCUT2D eigenvalue weighted by molar-refractivity contribution is 5.72. The Morgan fingerprint density at radius 3 is 2.77 bits per heavy atom. The molecule has 2 nitrogen and oxygen atoms in total. The van der Waals surface area contributed by atoms with Gasteiger partial charge in [-0.2, -0.15) is 0 Å². The van der Waals surface area contributed by atoms with Crippen LogP contribution in [-0.2, 0) is 9.53 Å². The van der Waals surface area contributed by atoms with Crippen LogP contribution in [0.2, 0.25) is 0 Å². The summed E-state index contributed by atoms with van der Waals surface area (Å²) in [5, 5.41) is 0. The van der Waals surface area contributed by atoms with Crippen LogP contribution in [0.3, 0.4) is 0 Å². The quantitative estimate of drug-likeness (QED) is 0.631. The van der Waals surface area contributed by atoms with Gasteiger partial charge < -0.3 is 4.74 Å². The Hall–Kier alpha value is -0.790. The van der Waals surface area contributed by atoms with Gasteiger partial charge in [0.1, 0.15) is 5.76 Å². The van der Waals surface area contributed by atoms with E-state index in [4.69, 9.17) is 4.74 Å². The topological polar surface area (TPSA) is 26.3 Å². The van der Waals surface area contributed by atoms with Gasteiger partial charge >= 0.3 is 5.97 Å². The van der Waals surface area contributed by atoms with Crippen LogP contribution < -0.4 is 0 Å². The molecule has 0 amide bonds. The summed E-state index contributed by atoms with van der Waals surface area (Å²) in [4.78, 5) is 11.7. The van der Waals surface area contributed by atoms with Crippen molar-refractivity contribution in [3.8, 4) is 0 Å². The Balaban J connectivity index is 1.67. The molecule has 1 aliphatic heterocycles. The molecule has 1 unspecified atom stereocenters. The normalized spacial score (nSPS) is 50.5. The Kier molecular flexibility index (Phi) is 3.26. The van der Waals surface area contributed by atoms with E-state index in [0.29, 0.717) is 11.8 Å². The van der Waals surface area contributed by atoms with Gasteiger partial charge in [-0.05, 0) is 73.7 Å². The van der Waals surface area contributed by atoms with E-state index >= 15 is 0 Å². The van der Waals surface area contributed by atoms with E-state index in [0.717, 1.165) is 42.3 Å². The van der Waals surface area contributed by atoms with Crippen LogP contribution in [0.25, 0.3) is 0 Å². The van der Waals surface area contributed by atoms with E-state index in [9.17, 15) is 4.79 Å². The average Bonchev–Trinajstić information content (AvgIpc) is 2.84. The molecule has 1 saturated heterocycles. The van der Waals surface area contributed by atoms with Gasteiger partial charge in [-0.25, -0.2) is 0 Å². The fourth-order valence-electron chi connectivity index (χ4n) is 6.85. The standard InChI is InChI=1S/C20H30O2/c1-4-13-5-7-15-14-6-8-17-20(3,12-10-18(21)22-17)16(14)9-11-19(13,15)2/h8,13-16H,4-7,9-12H2,1-3H3/t13-,14-,15?,16+,19+,20-/m0/s1. The molecule has 2 saturated carbocycles. The first-order chi connectivity index (χ1) is 10.5. The minimum Gasteiger partial charge on any atom is -0.431 e. The number of ether oxygens (including phenoxy) is 1. The van der Waals surface area contributed by atoms with E-state index < -0.39 is 0 Å². The summed E-state index contributed by atoms with van der Waals surface area (Å²) < 4.78 is 5.64. The first kappa shape index (κ1) is 14.8. The van der Waals surface area contributed by atoms with Gasteiger partial charge in [0.05, 0.1) is 0 Å². The molecule has 0 spiro atoms. The number of carbonyl (C=O) groups is 1. The summed E-state index contributed by atoms with van der Waals surface area (Å²) >= 11 is 0. The lowest BCUT2D eigenvalue weighted by atomic mass is 9.49. The van der Waals surface area contributed by atoms with Gasteiger partial charge in [0.25, 0.3) is 0 Å². The molecule has 0 bridgehead atoms. The summed E-state index contributed by atoms with van der Waals surface area (Å²) in [5.74, 6) is 4.37. The van der Waals surface area contributed by atoms with Crippen LogP contribution in [0, 0.1) is 34.5 Å². The number of allylic oxidation sites excluding steroid dienone is 2. The lowest BCUT2D eigenvalue weighted by molar-refractivity contribution is -0.152. The third kappa shape index (κ3) is 1.82. The molecule has 0 aromatic carbocycles. The van der Waals surface area contributed by atoms with Crippen LogP contribution in [0.15, 0.2) is 11.8 Å². The van der Waals surface area contributed by atoms with Crippen LogP contribution in [0.4, 0.5) is 0 Å². The first-order valence-electron chi connectivity index (χ1n) is 9.40. The second kappa shape index (κ2) is 4.85.